The molecule has 0 saturated carbocycles. The van der Waals surface area contributed by atoms with Crippen molar-refractivity contribution in [2.24, 2.45) is 0 Å². The first kappa shape index (κ1) is 25.5. The zero-order valence-electron chi connectivity index (χ0n) is 28.2. The third kappa shape index (κ3) is 2.28. The number of pyridine rings is 1. The van der Waals surface area contributed by atoms with Gasteiger partial charge in [0.15, 0.2) is 6.17 Å². The van der Waals surface area contributed by atoms with E-state index in [1.807, 2.05) is 0 Å². The number of rotatable bonds is 0. The van der Waals surface area contributed by atoms with Crippen LogP contribution in [0.2, 0.25) is 0 Å². The molecular weight excluding hydrogens is 599 g/mol. The third-order valence-corrected chi connectivity index (χ3v) is 13.5. The van der Waals surface area contributed by atoms with E-state index < -0.39 is 5.54 Å². The molecule has 8 heterocycles. The first-order chi connectivity index (χ1) is 23.8. The minimum absolute atomic E-state index is 0.00551. The van der Waals surface area contributed by atoms with E-state index in [2.05, 4.69) is 168 Å². The predicted octanol–water partition coefficient (Wildman–Crippen LogP) is 9.17. The van der Waals surface area contributed by atoms with Crippen molar-refractivity contribution in [2.75, 3.05) is 21.7 Å². The lowest BCUT2D eigenvalue weighted by Gasteiger charge is -2.51. The van der Waals surface area contributed by atoms with Gasteiger partial charge in [-0.1, -0.05) is 82.3 Å². The fraction of sp³-hybridized carbons (Fsp3) is 0.205. The molecule has 0 aliphatic carbocycles. The van der Waals surface area contributed by atoms with Gasteiger partial charge in [-0.2, -0.15) is 4.57 Å². The quantitative estimate of drug-likeness (QED) is 0.155. The van der Waals surface area contributed by atoms with E-state index in [4.69, 9.17) is 0 Å². The molecule has 2 unspecified atom stereocenters. The lowest BCUT2D eigenvalue weighted by atomic mass is 9.65. The molecule has 0 fully saturated rings. The summed E-state index contributed by atoms with van der Waals surface area (Å²) in [7, 11) is 2.32. The van der Waals surface area contributed by atoms with Gasteiger partial charge in [-0.3, -0.25) is 0 Å². The number of anilines is 6. The topological polar surface area (TPSA) is 18.5 Å². The van der Waals surface area contributed by atoms with E-state index >= 15 is 0 Å². The Morgan fingerprint density at radius 3 is 2.04 bits per heavy atom. The van der Waals surface area contributed by atoms with Crippen LogP contribution in [0.5, 0.6) is 0 Å². The maximum absolute atomic E-state index is 2.71. The van der Waals surface area contributed by atoms with Crippen molar-refractivity contribution in [1.82, 2.24) is 4.57 Å². The number of fused-ring (bicyclic) bond motifs is 8. The summed E-state index contributed by atoms with van der Waals surface area (Å²) in [4.78, 5) is 7.90. The summed E-state index contributed by atoms with van der Waals surface area (Å²) in [6.07, 6.45) is 2.40. The minimum Gasteiger partial charge on any atom is -0.348 e. The summed E-state index contributed by atoms with van der Waals surface area (Å²) in [5.74, 6) is 0. The van der Waals surface area contributed by atoms with Crippen molar-refractivity contribution in [2.45, 2.75) is 50.2 Å². The molecule has 0 N–H and O–H groups in total. The van der Waals surface area contributed by atoms with E-state index in [1.54, 1.807) is 0 Å². The Labute approximate surface area is 284 Å². The normalized spacial score (nSPS) is 22.5. The van der Waals surface area contributed by atoms with Crippen molar-refractivity contribution < 1.29 is 4.57 Å². The van der Waals surface area contributed by atoms with E-state index in [9.17, 15) is 0 Å². The second-order valence-corrected chi connectivity index (χ2v) is 16.1. The SMILES string of the molecule is CN1c2ccccc2N2c3ccc4c5c3C3(c6c(ccc7c6-n6c8c(cccc8c8ccc[n+]3c86)C7(C)C)N5c3ccccc3C4(C)C)C12. The lowest BCUT2D eigenvalue weighted by molar-refractivity contribution is -0.724. The second-order valence-electron chi connectivity index (χ2n) is 16.1. The van der Waals surface area contributed by atoms with Gasteiger partial charge in [0.2, 0.25) is 5.54 Å². The van der Waals surface area contributed by atoms with Gasteiger partial charge in [0.1, 0.15) is 11.2 Å². The van der Waals surface area contributed by atoms with Crippen molar-refractivity contribution in [1.29, 1.82) is 0 Å². The summed E-state index contributed by atoms with van der Waals surface area (Å²) in [5.41, 5.74) is 19.4. The Morgan fingerprint density at radius 1 is 0.551 bits per heavy atom. The molecular formula is C44H34N5+. The molecule has 5 nitrogen and oxygen atoms in total. The summed E-state index contributed by atoms with van der Waals surface area (Å²) in [6.45, 7) is 9.72. The fourth-order valence-electron chi connectivity index (χ4n) is 11.6. The highest BCUT2D eigenvalue weighted by atomic mass is 15.5. The van der Waals surface area contributed by atoms with Crippen molar-refractivity contribution in [3.8, 4) is 5.69 Å². The molecule has 0 bridgehead atoms. The zero-order chi connectivity index (χ0) is 32.5. The van der Waals surface area contributed by atoms with E-state index in [0.717, 1.165) is 0 Å². The van der Waals surface area contributed by atoms with Crippen LogP contribution in [0, 0.1) is 0 Å². The number of hydrogen-bond acceptors (Lipinski definition) is 3. The van der Waals surface area contributed by atoms with Crippen LogP contribution in [-0.4, -0.2) is 17.8 Å². The first-order valence-corrected chi connectivity index (χ1v) is 17.6. The molecule has 7 aromatic rings. The molecule has 0 amide bonds. The summed E-state index contributed by atoms with van der Waals surface area (Å²) < 4.78 is 5.36. The zero-order valence-corrected chi connectivity index (χ0v) is 28.2. The Bertz CT molecular complexity index is 2780. The average Bonchev–Trinajstić information content (AvgIpc) is 3.73. The Balaban J connectivity index is 1.34. The molecule has 5 aromatic carbocycles. The van der Waals surface area contributed by atoms with Crippen LogP contribution >= 0.6 is 0 Å². The highest BCUT2D eigenvalue weighted by Crippen LogP contribution is 2.70. The maximum Gasteiger partial charge on any atom is 0.296 e. The van der Waals surface area contributed by atoms with Gasteiger partial charge in [0, 0.05) is 34.4 Å². The third-order valence-electron chi connectivity index (χ3n) is 13.5. The largest absolute Gasteiger partial charge is 0.348 e. The summed E-state index contributed by atoms with van der Waals surface area (Å²) in [6, 6.07) is 39.6. The van der Waals surface area contributed by atoms with Crippen molar-refractivity contribution in [3.05, 3.63) is 143 Å². The molecule has 5 heteroatoms. The molecule has 1 spiro atoms. The predicted molar refractivity (Wildman–Crippen MR) is 197 cm³/mol. The Kier molecular flexibility index (Phi) is 3.83. The van der Waals surface area contributed by atoms with E-state index in [0.29, 0.717) is 0 Å². The van der Waals surface area contributed by atoms with Crippen LogP contribution in [-0.2, 0) is 16.4 Å². The van der Waals surface area contributed by atoms with Crippen molar-refractivity contribution in [3.63, 3.8) is 0 Å². The number of likely N-dealkylation sites (N-methyl/N-ethyl adjacent to an activating group) is 1. The number of nitrogens with zero attached hydrogens (tertiary/aromatic N) is 5. The highest BCUT2D eigenvalue weighted by Gasteiger charge is 2.70. The summed E-state index contributed by atoms with van der Waals surface area (Å²) >= 11 is 0. The molecule has 0 radical (unpaired) electrons. The standard InChI is InChI=1S/C44H34N5/c1-42(2)26-14-6-7-16-30(26)47-33-21-19-29-39-35(33)44(46-23-11-13-25-24-12-10-15-27(43(29,3)4)37(24)49(39)40(25)46)36-34(22-20-28(42)38(36)47)48-32-18-9-8-17-31(32)45(5)41(44)48/h6-23,41H,1-5H3/q+1. The van der Waals surface area contributed by atoms with Crippen LogP contribution in [0.4, 0.5) is 34.1 Å². The van der Waals surface area contributed by atoms with Crippen LogP contribution in [0.15, 0.2) is 109 Å². The number of benzene rings is 5. The van der Waals surface area contributed by atoms with Gasteiger partial charge >= 0.3 is 0 Å². The average molecular weight is 633 g/mol. The van der Waals surface area contributed by atoms with Gasteiger partial charge in [0.25, 0.3) is 5.65 Å². The molecule has 0 saturated heterocycles. The molecule has 49 heavy (non-hydrogen) atoms. The van der Waals surface area contributed by atoms with Gasteiger partial charge < -0.3 is 14.7 Å². The van der Waals surface area contributed by atoms with E-state index in [-0.39, 0.29) is 17.0 Å². The fourth-order valence-corrected chi connectivity index (χ4v) is 11.6. The van der Waals surface area contributed by atoms with Crippen LogP contribution in [0.1, 0.15) is 61.1 Å². The van der Waals surface area contributed by atoms with E-state index in [1.165, 1.54) is 95.1 Å². The van der Waals surface area contributed by atoms with Gasteiger partial charge in [-0.15, -0.1) is 0 Å². The van der Waals surface area contributed by atoms with Crippen LogP contribution in [0.3, 0.4) is 0 Å². The van der Waals surface area contributed by atoms with Gasteiger partial charge in [-0.25, -0.2) is 4.57 Å². The molecule has 2 aromatic heterocycles. The molecule has 13 rings (SSSR count). The monoisotopic (exact) mass is 632 g/mol. The van der Waals surface area contributed by atoms with Gasteiger partial charge in [-0.05, 0) is 59.7 Å². The molecule has 6 aliphatic heterocycles. The molecule has 234 valence electrons. The second kappa shape index (κ2) is 7.37. The van der Waals surface area contributed by atoms with Crippen molar-refractivity contribution >= 4 is 56.1 Å². The Morgan fingerprint density at radius 2 is 1.20 bits per heavy atom. The molecule has 6 aliphatic rings. The number of aromatic nitrogens is 2. The van der Waals surface area contributed by atoms with Crippen LogP contribution < -0.4 is 19.3 Å². The molecule has 2 atom stereocenters. The first-order valence-electron chi connectivity index (χ1n) is 17.6. The lowest BCUT2D eigenvalue weighted by Crippen LogP contribution is -2.70. The summed E-state index contributed by atoms with van der Waals surface area (Å²) in [5, 5.41) is 2.66. The maximum atomic E-state index is 2.71. The van der Waals surface area contributed by atoms with Gasteiger partial charge in [0.05, 0.1) is 56.8 Å². The highest BCUT2D eigenvalue weighted by molar-refractivity contribution is 6.11. The Hall–Kier alpha value is -5.55. The minimum atomic E-state index is -0.522. The number of hydrogen-bond donors (Lipinski definition) is 0. The smallest absolute Gasteiger partial charge is 0.296 e. The van der Waals surface area contributed by atoms with Crippen LogP contribution in [0.25, 0.3) is 27.6 Å². The number of para-hydroxylation sites is 4.